The molecule has 2 aromatic carbocycles. The van der Waals surface area contributed by atoms with E-state index in [1.54, 1.807) is 24.3 Å². The topological polar surface area (TPSA) is 55.4 Å². The highest BCUT2D eigenvalue weighted by Crippen LogP contribution is 2.16. The molecule has 2 aromatic rings. The van der Waals surface area contributed by atoms with Crippen LogP contribution in [0.2, 0.25) is 0 Å². The zero-order valence-corrected chi connectivity index (χ0v) is 14.4. The van der Waals surface area contributed by atoms with Crippen molar-refractivity contribution >= 4 is 33.3 Å². The highest BCUT2D eigenvalue weighted by atomic mass is 79.9. The molecule has 0 saturated heterocycles. The fourth-order valence-electron chi connectivity index (χ4n) is 2.00. The molecule has 0 atom stereocenters. The number of ether oxygens (including phenoxy) is 1. The van der Waals surface area contributed by atoms with Gasteiger partial charge in [0.15, 0.2) is 5.78 Å². The predicted octanol–water partition coefficient (Wildman–Crippen LogP) is 4.45. The molecule has 0 unspecified atom stereocenters. The van der Waals surface area contributed by atoms with E-state index in [4.69, 9.17) is 4.74 Å². The van der Waals surface area contributed by atoms with Gasteiger partial charge in [0.25, 0.3) is 0 Å². The van der Waals surface area contributed by atoms with Gasteiger partial charge < -0.3 is 10.1 Å². The zero-order valence-electron chi connectivity index (χ0n) is 12.8. The number of carbonyl (C=O) groups excluding carboxylic acids is 2. The van der Waals surface area contributed by atoms with Crippen LogP contribution < -0.4 is 10.1 Å². The number of benzene rings is 2. The third-order valence-electron chi connectivity index (χ3n) is 3.19. The van der Waals surface area contributed by atoms with E-state index in [1.165, 1.54) is 6.92 Å². The zero-order chi connectivity index (χ0) is 16.7. The minimum absolute atomic E-state index is 0.0285. The van der Waals surface area contributed by atoms with E-state index in [-0.39, 0.29) is 11.7 Å². The molecule has 1 N–H and O–H groups in total. The lowest BCUT2D eigenvalue weighted by atomic mass is 10.1. The van der Waals surface area contributed by atoms with Gasteiger partial charge in [0, 0.05) is 22.1 Å². The number of carbonyl (C=O) groups is 2. The molecule has 0 bridgehead atoms. The van der Waals surface area contributed by atoms with Crippen LogP contribution in [-0.4, -0.2) is 18.3 Å². The summed E-state index contributed by atoms with van der Waals surface area (Å²) in [5.41, 5.74) is 1.43. The number of hydrogen-bond acceptors (Lipinski definition) is 3. The summed E-state index contributed by atoms with van der Waals surface area (Å²) in [4.78, 5) is 23.0. The molecule has 4 nitrogen and oxygen atoms in total. The molecule has 0 spiro atoms. The average molecular weight is 376 g/mol. The number of nitrogens with one attached hydrogen (secondary N) is 1. The van der Waals surface area contributed by atoms with Crippen LogP contribution in [0.3, 0.4) is 0 Å². The molecular weight excluding hydrogens is 358 g/mol. The van der Waals surface area contributed by atoms with Gasteiger partial charge in [-0.1, -0.05) is 22.0 Å². The Hall–Kier alpha value is -2.14. The van der Waals surface area contributed by atoms with E-state index in [9.17, 15) is 9.59 Å². The maximum atomic E-state index is 11.8. The minimum Gasteiger partial charge on any atom is -0.494 e. The van der Waals surface area contributed by atoms with Crippen molar-refractivity contribution in [2.75, 3.05) is 11.9 Å². The van der Waals surface area contributed by atoms with Crippen LogP contribution >= 0.6 is 15.9 Å². The van der Waals surface area contributed by atoms with Crippen LogP contribution in [0.25, 0.3) is 0 Å². The third kappa shape index (κ3) is 5.87. The molecule has 0 aliphatic heterocycles. The molecule has 0 radical (unpaired) electrons. The van der Waals surface area contributed by atoms with Crippen molar-refractivity contribution in [1.82, 2.24) is 0 Å². The molecular formula is C18H18BrNO3. The Bertz CT molecular complexity index is 683. The fourth-order valence-corrected chi connectivity index (χ4v) is 2.40. The lowest BCUT2D eigenvalue weighted by molar-refractivity contribution is -0.116. The number of halogens is 1. The van der Waals surface area contributed by atoms with Crippen molar-refractivity contribution in [3.63, 3.8) is 0 Å². The van der Waals surface area contributed by atoms with Crippen molar-refractivity contribution in [3.05, 3.63) is 58.6 Å². The minimum atomic E-state index is -0.0429. The number of anilines is 1. The summed E-state index contributed by atoms with van der Waals surface area (Å²) in [7, 11) is 0. The molecule has 0 aliphatic carbocycles. The largest absolute Gasteiger partial charge is 0.494 e. The number of Topliss-reactive ketones (excluding diaryl/α,β-unsaturated/α-hetero) is 1. The Morgan fingerprint density at radius 1 is 1.13 bits per heavy atom. The second-order valence-corrected chi connectivity index (χ2v) is 6.01. The first-order valence-electron chi connectivity index (χ1n) is 7.34. The van der Waals surface area contributed by atoms with Gasteiger partial charge in [-0.2, -0.15) is 0 Å². The van der Waals surface area contributed by atoms with E-state index >= 15 is 0 Å². The second-order valence-electron chi connectivity index (χ2n) is 5.09. The summed E-state index contributed by atoms with van der Waals surface area (Å²) < 4.78 is 6.49. The molecule has 120 valence electrons. The lowest BCUT2D eigenvalue weighted by Crippen LogP contribution is -2.12. The van der Waals surface area contributed by atoms with Crippen LogP contribution in [-0.2, 0) is 4.79 Å². The number of rotatable bonds is 7. The molecule has 0 heterocycles. The fraction of sp³-hybridized carbons (Fsp3) is 0.222. The van der Waals surface area contributed by atoms with Crippen LogP contribution in [0.4, 0.5) is 5.69 Å². The van der Waals surface area contributed by atoms with Gasteiger partial charge in [0.05, 0.1) is 6.61 Å². The first kappa shape index (κ1) is 17.2. The van der Waals surface area contributed by atoms with E-state index in [0.29, 0.717) is 30.8 Å². The van der Waals surface area contributed by atoms with Crippen LogP contribution in [0.1, 0.15) is 30.1 Å². The standard InChI is InChI=1S/C18H18BrNO3/c1-13(21)14-7-9-17(10-8-14)23-11-3-6-18(22)20-16-5-2-4-15(19)12-16/h2,4-5,7-10,12H,3,6,11H2,1H3,(H,20,22). The Balaban J connectivity index is 1.70. The Morgan fingerprint density at radius 3 is 2.52 bits per heavy atom. The highest BCUT2D eigenvalue weighted by molar-refractivity contribution is 9.10. The summed E-state index contributed by atoms with van der Waals surface area (Å²) in [5.74, 6) is 0.682. The SMILES string of the molecule is CC(=O)c1ccc(OCCCC(=O)Nc2cccc(Br)c2)cc1. The molecule has 23 heavy (non-hydrogen) atoms. The Labute approximate surface area is 144 Å². The first-order valence-corrected chi connectivity index (χ1v) is 8.13. The monoisotopic (exact) mass is 375 g/mol. The number of hydrogen-bond donors (Lipinski definition) is 1. The maximum Gasteiger partial charge on any atom is 0.224 e. The van der Waals surface area contributed by atoms with Gasteiger partial charge >= 0.3 is 0 Å². The third-order valence-corrected chi connectivity index (χ3v) is 3.68. The van der Waals surface area contributed by atoms with Gasteiger partial charge in [-0.3, -0.25) is 9.59 Å². The summed E-state index contributed by atoms with van der Waals surface area (Å²) in [6.45, 7) is 1.98. The molecule has 0 aliphatic rings. The van der Waals surface area contributed by atoms with Gasteiger partial charge in [-0.05, 0) is 55.8 Å². The van der Waals surface area contributed by atoms with E-state index in [0.717, 1.165) is 10.2 Å². The maximum absolute atomic E-state index is 11.8. The average Bonchev–Trinajstić information content (AvgIpc) is 2.52. The molecule has 0 aromatic heterocycles. The predicted molar refractivity (Wildman–Crippen MR) is 93.9 cm³/mol. The normalized spacial score (nSPS) is 10.2. The van der Waals surface area contributed by atoms with Crippen LogP contribution in [0.5, 0.6) is 5.75 Å². The van der Waals surface area contributed by atoms with Crippen molar-refractivity contribution in [3.8, 4) is 5.75 Å². The Kier molecular flexibility index (Phi) is 6.35. The molecule has 2 rings (SSSR count). The molecule has 0 fully saturated rings. The van der Waals surface area contributed by atoms with Crippen molar-refractivity contribution in [2.24, 2.45) is 0 Å². The summed E-state index contributed by atoms with van der Waals surface area (Å²) in [5, 5.41) is 2.84. The van der Waals surface area contributed by atoms with Crippen molar-refractivity contribution < 1.29 is 14.3 Å². The van der Waals surface area contributed by atoms with E-state index in [2.05, 4.69) is 21.2 Å². The van der Waals surface area contributed by atoms with Gasteiger partial charge in [-0.15, -0.1) is 0 Å². The molecule has 1 amide bonds. The highest BCUT2D eigenvalue weighted by Gasteiger charge is 2.04. The van der Waals surface area contributed by atoms with Crippen molar-refractivity contribution in [1.29, 1.82) is 0 Å². The lowest BCUT2D eigenvalue weighted by Gasteiger charge is -2.08. The van der Waals surface area contributed by atoms with Gasteiger partial charge in [0.1, 0.15) is 5.75 Å². The van der Waals surface area contributed by atoms with E-state index < -0.39 is 0 Å². The van der Waals surface area contributed by atoms with Crippen LogP contribution in [0.15, 0.2) is 53.0 Å². The Morgan fingerprint density at radius 2 is 1.87 bits per heavy atom. The summed E-state index contributed by atoms with van der Waals surface area (Å²) >= 11 is 3.36. The molecule has 5 heteroatoms. The smallest absolute Gasteiger partial charge is 0.224 e. The van der Waals surface area contributed by atoms with E-state index in [1.807, 2.05) is 24.3 Å². The van der Waals surface area contributed by atoms with Crippen molar-refractivity contribution in [2.45, 2.75) is 19.8 Å². The first-order chi connectivity index (χ1) is 11.0. The summed E-state index contributed by atoms with van der Waals surface area (Å²) in [6.07, 6.45) is 1.01. The molecule has 0 saturated carbocycles. The van der Waals surface area contributed by atoms with Gasteiger partial charge in [-0.25, -0.2) is 0 Å². The number of amides is 1. The summed E-state index contributed by atoms with van der Waals surface area (Å²) in [6, 6.07) is 14.5. The second kappa shape index (κ2) is 8.48. The quantitative estimate of drug-likeness (QED) is 0.574. The number of ketones is 1. The van der Waals surface area contributed by atoms with Crippen LogP contribution in [0, 0.1) is 0 Å². The van der Waals surface area contributed by atoms with Gasteiger partial charge in [0.2, 0.25) is 5.91 Å².